The molecule has 0 bridgehead atoms. The molecule has 0 unspecified atom stereocenters. The van der Waals surface area contributed by atoms with Gasteiger partial charge in [0.15, 0.2) is 0 Å². The first-order chi connectivity index (χ1) is 37.3. The zero-order valence-electron chi connectivity index (χ0n) is 42.7. The first-order valence-electron chi connectivity index (χ1n) is 21.3. The third-order valence-electron chi connectivity index (χ3n) is 7.41. The predicted molar refractivity (Wildman–Crippen MR) is 320 cm³/mol. The summed E-state index contributed by atoms with van der Waals surface area (Å²) in [4.78, 5) is 34.5. The zero-order chi connectivity index (χ0) is 58.1. The molecule has 0 N–H and O–H groups in total. The highest BCUT2D eigenvalue weighted by Crippen LogP contribution is 2.13. The molecule has 0 aliphatic heterocycles. The average Bonchev–Trinajstić information content (AvgIpc) is 3.43. The van der Waals surface area contributed by atoms with Gasteiger partial charge in [0.1, 0.15) is 38.6 Å². The van der Waals surface area contributed by atoms with Crippen LogP contribution in [0.5, 0.6) is 35.3 Å². The summed E-state index contributed by atoms with van der Waals surface area (Å²) in [5.74, 6) is 4.21. The molecule has 9 aromatic rings. The first-order valence-corrected chi connectivity index (χ1v) is 27.2. The molecule has 30 heteroatoms. The highest BCUT2D eigenvalue weighted by atomic mass is 79.9. The number of aromatic nitrogens is 15. The number of hydrogen-bond donors (Lipinski definition) is 0. The Morgan fingerprint density at radius 1 is 0.308 bits per heavy atom. The summed E-state index contributed by atoms with van der Waals surface area (Å²) in [6.07, 6.45) is 4.70. The molecule has 0 aliphatic carbocycles. The van der Waals surface area contributed by atoms with Crippen LogP contribution in [0.1, 0.15) is 17.2 Å². The van der Waals surface area contributed by atoms with E-state index in [1.807, 2.05) is 87.5 Å². The summed E-state index contributed by atoms with van der Waals surface area (Å²) in [5.41, 5.74) is 1.88. The topological polar surface area (TPSA) is 249 Å². The molecule has 0 saturated carbocycles. The maximum Gasteiger partial charge on any atom is 0.233 e. The summed E-state index contributed by atoms with van der Waals surface area (Å²) in [7, 11) is 9.44. The van der Waals surface area contributed by atoms with Crippen molar-refractivity contribution in [2.45, 2.75) is 20.8 Å². The molecule has 9 heterocycles. The fourth-order valence-electron chi connectivity index (χ4n) is 4.02. The Bertz CT molecular complexity index is 2690. The molecular weight excluding hydrogens is 1470 g/mol. The van der Waals surface area contributed by atoms with E-state index in [-0.39, 0.29) is 10.6 Å². The molecule has 0 aromatic carbocycles. The smallest absolute Gasteiger partial charge is 0.233 e. The number of hydrogen-bond acceptors (Lipinski definition) is 21. The van der Waals surface area contributed by atoms with E-state index in [0.29, 0.717) is 45.0 Å². The summed E-state index contributed by atoms with van der Waals surface area (Å²) in [6.45, 7) is 5.64. The van der Waals surface area contributed by atoms with Gasteiger partial charge in [0.25, 0.3) is 0 Å². The van der Waals surface area contributed by atoms with Crippen molar-refractivity contribution in [3.8, 4) is 35.3 Å². The molecule has 9 aromatic heterocycles. The second kappa shape index (κ2) is 43.4. The van der Waals surface area contributed by atoms with Crippen LogP contribution in [0.4, 0.5) is 0 Å². The number of aryl methyl sites for hydroxylation is 3. The van der Waals surface area contributed by atoms with Gasteiger partial charge < -0.3 is 28.4 Å². The van der Waals surface area contributed by atoms with E-state index in [2.05, 4.69) is 171 Å². The van der Waals surface area contributed by atoms with Gasteiger partial charge in [-0.2, -0.15) is 15.1 Å². The second-order valence-electron chi connectivity index (χ2n) is 13.1. The Morgan fingerprint density at radius 2 is 0.705 bits per heavy atom. The van der Waals surface area contributed by atoms with Crippen LogP contribution in [0.15, 0.2) is 155 Å². The lowest BCUT2D eigenvalue weighted by molar-refractivity contribution is 0.391. The molecule has 0 aliphatic rings. The predicted octanol–water partition coefficient (Wildman–Crippen LogP) is 13.6. The minimum absolute atomic E-state index is 0.178. The number of ether oxygens (including phenoxy) is 6. The fraction of sp³-hybridized carbons (Fsp3) is 0.188. The van der Waals surface area contributed by atoms with Gasteiger partial charge in [0.2, 0.25) is 45.8 Å². The van der Waals surface area contributed by atoms with Crippen LogP contribution in [0.2, 0.25) is 15.7 Å². The molecule has 0 spiro atoms. The largest absolute Gasteiger partial charge is 0.481 e. The van der Waals surface area contributed by atoms with Crippen LogP contribution in [-0.2, 0) is 0 Å². The SMILES string of the molecule is Brc1ccc(Br)nn1.Brc1cccc(Br)n1.COc1ccc(Br)nn1.COc1ccc(C)nn1.COc1cccc(Br)n1.COc1cccc(C)n1.COc1ccnc(C)n1.COc1ccnc(Cl)n1.Clc1ccnc(Cl)n1. The van der Waals surface area contributed by atoms with E-state index < -0.39 is 0 Å². The highest BCUT2D eigenvalue weighted by Gasteiger charge is 1.95. The minimum atomic E-state index is 0.178. The molecule has 414 valence electrons. The van der Waals surface area contributed by atoms with Crippen LogP contribution in [0.3, 0.4) is 0 Å². The Kier molecular flexibility index (Phi) is 39.2. The molecule has 0 radical (unpaired) electrons. The van der Waals surface area contributed by atoms with Crippen LogP contribution >= 0.6 is 130 Å². The van der Waals surface area contributed by atoms with Gasteiger partial charge in [-0.1, -0.05) is 29.8 Å². The van der Waals surface area contributed by atoms with Crippen molar-refractivity contribution in [3.05, 3.63) is 188 Å². The maximum atomic E-state index is 5.42. The van der Waals surface area contributed by atoms with E-state index in [9.17, 15) is 0 Å². The van der Waals surface area contributed by atoms with Gasteiger partial charge >= 0.3 is 0 Å². The van der Waals surface area contributed by atoms with E-state index in [1.165, 1.54) is 19.5 Å². The third-order valence-corrected chi connectivity index (χ3v) is 10.6. The molecule has 0 saturated heterocycles. The lowest BCUT2D eigenvalue weighted by Gasteiger charge is -1.96. The molecule has 0 amide bonds. The average molecular weight is 1520 g/mol. The number of halogens is 9. The molecule has 9 rings (SSSR count). The van der Waals surface area contributed by atoms with Gasteiger partial charge in [-0.15, -0.1) is 25.5 Å². The van der Waals surface area contributed by atoms with Crippen LogP contribution in [-0.4, -0.2) is 118 Å². The van der Waals surface area contributed by atoms with Gasteiger partial charge in [-0.25, -0.2) is 34.9 Å². The Hall–Kier alpha value is -5.52. The Morgan fingerprint density at radius 3 is 1.03 bits per heavy atom. The van der Waals surface area contributed by atoms with Crippen LogP contribution < -0.4 is 28.4 Å². The molecule has 21 nitrogen and oxygen atoms in total. The van der Waals surface area contributed by atoms with E-state index >= 15 is 0 Å². The van der Waals surface area contributed by atoms with Crippen molar-refractivity contribution in [1.29, 1.82) is 0 Å². The lowest BCUT2D eigenvalue weighted by atomic mass is 10.4. The molecule has 0 fully saturated rings. The Labute approximate surface area is 516 Å². The summed E-state index contributed by atoms with van der Waals surface area (Å²) in [5, 5.41) is 23.0. The number of methoxy groups -OCH3 is 6. The first kappa shape index (κ1) is 70.5. The fourth-order valence-corrected chi connectivity index (χ4v) is 6.38. The minimum Gasteiger partial charge on any atom is -0.481 e. The van der Waals surface area contributed by atoms with Gasteiger partial charge in [-0.3, -0.25) is 0 Å². The van der Waals surface area contributed by atoms with Crippen molar-refractivity contribution >= 4 is 130 Å². The second-order valence-corrected chi connectivity index (χ2v) is 19.0. The van der Waals surface area contributed by atoms with Crippen LogP contribution in [0.25, 0.3) is 0 Å². The van der Waals surface area contributed by atoms with E-state index in [0.717, 1.165) is 40.2 Å². The summed E-state index contributed by atoms with van der Waals surface area (Å²) < 4.78 is 33.6. The standard InChI is InChI=1S/C7H9NO.C6H6BrNO.2C6H8N2O.C5H3Br2N.C5H5BrN2O.C5H5ClN2O.C4H2Br2N2.C4H2Cl2N2/c1-6-4-3-5-7(8-6)9-2;1-9-6-4-2-3-5(7)8-6;1-5-7-4-3-6(8-5)9-2;1-5-3-4-6(9-2)8-7-5;6-4-2-1-3-5(7)8-4;1-9-5-3-2-4(6)7-8-5;1-9-4-2-3-7-5(6)8-4;5-3-1-2-4(6)8-7-3;5-3-1-2-7-4(6)8-3/h3-5H,1-2H3;2-4H,1H3;2*3-4H,1-2H3;1-3H;2*2-3H,1H3;2*1-2H. The van der Waals surface area contributed by atoms with Gasteiger partial charge in [0.05, 0.1) is 48.4 Å². The van der Waals surface area contributed by atoms with Crippen molar-refractivity contribution in [1.82, 2.24) is 75.4 Å². The summed E-state index contributed by atoms with van der Waals surface area (Å²) >= 11 is 35.3. The molecule has 78 heavy (non-hydrogen) atoms. The van der Waals surface area contributed by atoms with E-state index in [4.69, 9.17) is 63.2 Å². The Balaban J connectivity index is 0.000000439. The monoisotopic (exact) mass is 1510 g/mol. The number of rotatable bonds is 6. The lowest BCUT2D eigenvalue weighted by Crippen LogP contribution is -1.90. The third kappa shape index (κ3) is 36.6. The van der Waals surface area contributed by atoms with Crippen molar-refractivity contribution in [2.75, 3.05) is 42.7 Å². The van der Waals surface area contributed by atoms with E-state index in [1.54, 1.807) is 84.2 Å². The van der Waals surface area contributed by atoms with Crippen molar-refractivity contribution < 1.29 is 28.4 Å². The number of nitrogens with zero attached hydrogens (tertiary/aromatic N) is 15. The van der Waals surface area contributed by atoms with Crippen LogP contribution in [0, 0.1) is 20.8 Å². The summed E-state index contributed by atoms with van der Waals surface area (Å²) in [6, 6.07) is 32.5. The van der Waals surface area contributed by atoms with Gasteiger partial charge in [0, 0.05) is 60.7 Å². The normalized spacial score (nSPS) is 9.15. The maximum absolute atomic E-state index is 5.42. The quantitative estimate of drug-likeness (QED) is 0.0852. The van der Waals surface area contributed by atoms with Gasteiger partial charge in [-0.05, 0) is 194 Å². The number of pyridine rings is 3. The molecule has 0 atom stereocenters. The molecular formula is C48H48Br6Cl3N15O6. The van der Waals surface area contributed by atoms with Crippen molar-refractivity contribution in [3.63, 3.8) is 0 Å². The zero-order valence-corrected chi connectivity index (χ0v) is 54.5. The van der Waals surface area contributed by atoms with Crippen molar-refractivity contribution in [2.24, 2.45) is 0 Å². The highest BCUT2D eigenvalue weighted by molar-refractivity contribution is 9.11.